The van der Waals surface area contributed by atoms with Gasteiger partial charge in [-0.3, -0.25) is 4.79 Å². The molecule has 0 aliphatic rings. The predicted molar refractivity (Wildman–Crippen MR) is 165 cm³/mol. The minimum atomic E-state index is -0.176. The summed E-state index contributed by atoms with van der Waals surface area (Å²) in [5.74, 6) is 0.671. The van der Waals surface area contributed by atoms with Crippen LogP contribution in [0.15, 0.2) is 24.3 Å². The van der Waals surface area contributed by atoms with Crippen LogP contribution in [0, 0.1) is 0 Å². The number of carbonyl (C=O) groups excluding carboxylic acids is 1. The molecule has 0 saturated heterocycles. The van der Waals surface area contributed by atoms with E-state index < -0.39 is 0 Å². The van der Waals surface area contributed by atoms with Gasteiger partial charge in [0.2, 0.25) is 5.91 Å². The number of unbranched alkanes of at least 4 members (excludes halogenated alkanes) is 14. The lowest BCUT2D eigenvalue weighted by Gasteiger charge is -2.14. The number of anilines is 1. The minimum absolute atomic E-state index is 0.0431. The third-order valence-electron chi connectivity index (χ3n) is 7.42. The molecule has 6 nitrogen and oxygen atoms in total. The summed E-state index contributed by atoms with van der Waals surface area (Å²) in [6, 6.07) is 7.71. The molecular formula is C32H50ClN5O. The van der Waals surface area contributed by atoms with Crippen LogP contribution in [0.2, 0.25) is 5.02 Å². The van der Waals surface area contributed by atoms with Gasteiger partial charge in [0.05, 0.1) is 11.4 Å². The zero-order valence-corrected chi connectivity index (χ0v) is 25.5. The number of aromatic amines is 1. The van der Waals surface area contributed by atoms with Gasteiger partial charge >= 0.3 is 0 Å². The third kappa shape index (κ3) is 9.97. The molecule has 39 heavy (non-hydrogen) atoms. The number of H-pyrrole nitrogens is 1. The van der Waals surface area contributed by atoms with Crippen molar-refractivity contribution >= 4 is 28.8 Å². The van der Waals surface area contributed by atoms with E-state index in [0.29, 0.717) is 22.9 Å². The van der Waals surface area contributed by atoms with E-state index in [4.69, 9.17) is 11.6 Å². The van der Waals surface area contributed by atoms with Crippen LogP contribution < -0.4 is 5.32 Å². The lowest BCUT2D eigenvalue weighted by atomic mass is 9.92. The second-order valence-electron chi connectivity index (χ2n) is 12.0. The first-order valence-corrected chi connectivity index (χ1v) is 15.7. The number of halogens is 1. The monoisotopic (exact) mass is 555 g/mol. The third-order valence-corrected chi connectivity index (χ3v) is 7.77. The molecule has 0 atom stereocenters. The number of hydrogen-bond donors (Lipinski definition) is 2. The Labute approximate surface area is 240 Å². The average molecular weight is 556 g/mol. The Hall–Kier alpha value is -2.34. The Bertz CT molecular complexity index is 1140. The van der Waals surface area contributed by atoms with E-state index in [-0.39, 0.29) is 11.3 Å². The average Bonchev–Trinajstić information content (AvgIpc) is 3.46. The van der Waals surface area contributed by atoms with Crippen molar-refractivity contribution in [3.05, 3.63) is 35.0 Å². The molecule has 0 bridgehead atoms. The molecule has 0 spiro atoms. The van der Waals surface area contributed by atoms with Crippen molar-refractivity contribution in [1.29, 1.82) is 0 Å². The van der Waals surface area contributed by atoms with E-state index in [2.05, 4.69) is 48.2 Å². The van der Waals surface area contributed by atoms with Gasteiger partial charge in [-0.2, -0.15) is 5.10 Å². The summed E-state index contributed by atoms with van der Waals surface area (Å²) < 4.78 is 1.55. The molecule has 0 aliphatic carbocycles. The predicted octanol–water partition coefficient (Wildman–Crippen LogP) is 9.88. The van der Waals surface area contributed by atoms with Crippen molar-refractivity contribution in [3.8, 4) is 11.4 Å². The van der Waals surface area contributed by atoms with Gasteiger partial charge in [0.15, 0.2) is 11.5 Å². The van der Waals surface area contributed by atoms with E-state index in [1.165, 1.54) is 83.5 Å². The van der Waals surface area contributed by atoms with E-state index in [0.717, 1.165) is 29.8 Å². The van der Waals surface area contributed by atoms with Gasteiger partial charge in [-0.05, 0) is 18.6 Å². The molecule has 3 rings (SSSR count). The fourth-order valence-corrected chi connectivity index (χ4v) is 5.51. The number of nitrogens with zero attached hydrogens (tertiary/aromatic N) is 3. The Morgan fingerprint density at radius 3 is 1.92 bits per heavy atom. The Kier molecular flexibility index (Phi) is 12.8. The van der Waals surface area contributed by atoms with Crippen molar-refractivity contribution in [2.75, 3.05) is 5.32 Å². The molecule has 216 valence electrons. The Balaban J connectivity index is 1.33. The fraction of sp³-hybridized carbons (Fsp3) is 0.656. The fourth-order valence-electron chi connectivity index (χ4n) is 5.07. The molecule has 1 amide bonds. The first kappa shape index (κ1) is 31.2. The van der Waals surface area contributed by atoms with E-state index in [1.807, 2.05) is 24.3 Å². The Morgan fingerprint density at radius 1 is 0.846 bits per heavy atom. The summed E-state index contributed by atoms with van der Waals surface area (Å²) in [6.45, 7) is 8.50. The van der Waals surface area contributed by atoms with Gasteiger partial charge in [-0.25, -0.2) is 0 Å². The minimum Gasteiger partial charge on any atom is -0.325 e. The molecule has 0 unspecified atom stereocenters. The van der Waals surface area contributed by atoms with Gasteiger partial charge in [0.25, 0.3) is 0 Å². The van der Waals surface area contributed by atoms with Crippen molar-refractivity contribution in [2.24, 2.45) is 0 Å². The van der Waals surface area contributed by atoms with E-state index >= 15 is 0 Å². The number of aromatic nitrogens is 4. The lowest BCUT2D eigenvalue weighted by Crippen LogP contribution is -2.13. The van der Waals surface area contributed by atoms with Gasteiger partial charge in [0, 0.05) is 17.4 Å². The largest absolute Gasteiger partial charge is 0.325 e. The van der Waals surface area contributed by atoms with Crippen LogP contribution >= 0.6 is 11.6 Å². The lowest BCUT2D eigenvalue weighted by molar-refractivity contribution is -0.116. The number of nitrogens with one attached hydrogen (secondary N) is 2. The zero-order valence-electron chi connectivity index (χ0n) is 24.8. The van der Waals surface area contributed by atoms with Crippen molar-refractivity contribution in [3.63, 3.8) is 0 Å². The summed E-state index contributed by atoms with van der Waals surface area (Å²) in [7, 11) is 0. The highest BCUT2D eigenvalue weighted by Gasteiger charge is 2.25. The highest BCUT2D eigenvalue weighted by atomic mass is 35.5. The van der Waals surface area contributed by atoms with E-state index in [1.54, 1.807) is 4.63 Å². The van der Waals surface area contributed by atoms with Gasteiger partial charge in [0.1, 0.15) is 5.02 Å². The summed E-state index contributed by atoms with van der Waals surface area (Å²) in [6.07, 6.45) is 20.3. The highest BCUT2D eigenvalue weighted by Crippen LogP contribution is 2.33. The van der Waals surface area contributed by atoms with Crippen molar-refractivity contribution in [2.45, 2.75) is 136 Å². The molecule has 0 saturated carbocycles. The zero-order chi connectivity index (χ0) is 28.1. The molecule has 7 heteroatoms. The molecule has 2 aromatic heterocycles. The van der Waals surface area contributed by atoms with Crippen LogP contribution in [-0.2, 0) is 10.2 Å². The first-order chi connectivity index (χ1) is 18.8. The molecular weight excluding hydrogens is 506 g/mol. The number of rotatable bonds is 18. The maximum atomic E-state index is 12.7. The van der Waals surface area contributed by atoms with E-state index in [9.17, 15) is 4.79 Å². The molecule has 0 aliphatic heterocycles. The molecule has 1 aromatic carbocycles. The summed E-state index contributed by atoms with van der Waals surface area (Å²) in [5.41, 5.74) is 2.86. The van der Waals surface area contributed by atoms with Crippen LogP contribution in [0.1, 0.15) is 136 Å². The van der Waals surface area contributed by atoms with Crippen LogP contribution in [0.3, 0.4) is 0 Å². The number of carbonyl (C=O) groups is 1. The van der Waals surface area contributed by atoms with Crippen molar-refractivity contribution < 1.29 is 4.79 Å². The van der Waals surface area contributed by atoms with Crippen LogP contribution in [-0.4, -0.2) is 25.7 Å². The number of fused-ring (bicyclic) bond motifs is 1. The second-order valence-corrected chi connectivity index (χ2v) is 12.4. The van der Waals surface area contributed by atoms with Crippen LogP contribution in [0.25, 0.3) is 17.0 Å². The number of amides is 1. The summed E-state index contributed by atoms with van der Waals surface area (Å²) in [4.78, 5) is 16.0. The molecule has 0 radical (unpaired) electrons. The number of benzene rings is 1. The Morgan fingerprint density at radius 2 is 1.38 bits per heavy atom. The van der Waals surface area contributed by atoms with Crippen LogP contribution in [0.5, 0.6) is 0 Å². The van der Waals surface area contributed by atoms with Crippen LogP contribution in [0.4, 0.5) is 5.69 Å². The van der Waals surface area contributed by atoms with Gasteiger partial charge in [-0.1, -0.05) is 141 Å². The normalized spacial score (nSPS) is 11.9. The standard InChI is InChI=1S/C32H50ClN5O/c1-5-6-7-8-9-10-11-12-13-14-15-16-17-18-19-24-27(39)34-26-23-21-20-22-25(26)30-35-31-28(33)29(32(2,3)4)36-38(31)37-30/h20-23H,5-19,24H2,1-4H3,(H,34,39)(H,35,37). The highest BCUT2D eigenvalue weighted by molar-refractivity contribution is 6.34. The molecule has 2 N–H and O–H groups in total. The molecule has 2 heterocycles. The smallest absolute Gasteiger partial charge is 0.224 e. The molecule has 0 fully saturated rings. The summed E-state index contributed by atoms with van der Waals surface area (Å²) >= 11 is 6.60. The maximum Gasteiger partial charge on any atom is 0.224 e. The van der Waals surface area contributed by atoms with Gasteiger partial charge < -0.3 is 10.3 Å². The number of hydrogen-bond acceptors (Lipinski definition) is 3. The van der Waals surface area contributed by atoms with Crippen molar-refractivity contribution in [1.82, 2.24) is 19.8 Å². The summed E-state index contributed by atoms with van der Waals surface area (Å²) in [5, 5.41) is 12.8. The topological polar surface area (TPSA) is 75.1 Å². The van der Waals surface area contributed by atoms with Gasteiger partial charge in [-0.15, -0.1) is 9.73 Å². The first-order valence-electron chi connectivity index (χ1n) is 15.4. The molecule has 3 aromatic rings. The maximum absolute atomic E-state index is 12.7. The quantitative estimate of drug-likeness (QED) is 0.153. The second kappa shape index (κ2) is 16.1. The SMILES string of the molecule is CCCCCCCCCCCCCCCCCC(=O)Nc1ccccc1-c1nn2nc(C(C)(C)C)c(Cl)c2[nH]1. The number of para-hydroxylation sites is 1.